The number of rotatable bonds is 8. The van der Waals surface area contributed by atoms with Crippen LogP contribution in [0.4, 0.5) is 0 Å². The van der Waals surface area contributed by atoms with Crippen molar-refractivity contribution in [3.63, 3.8) is 0 Å². The van der Waals surface area contributed by atoms with Gasteiger partial charge in [0.1, 0.15) is 0 Å². The molecule has 18 heavy (non-hydrogen) atoms. The molecule has 0 bridgehead atoms. The Hall–Kier alpha value is -0.970. The van der Waals surface area contributed by atoms with Crippen molar-refractivity contribution in [1.29, 1.82) is 0 Å². The summed E-state index contributed by atoms with van der Waals surface area (Å²) >= 11 is 0. The van der Waals surface area contributed by atoms with E-state index in [-0.39, 0.29) is 12.4 Å². The lowest BCUT2D eigenvalue weighted by atomic mass is 10.2. The van der Waals surface area contributed by atoms with Gasteiger partial charge in [-0.15, -0.1) is 12.4 Å². The van der Waals surface area contributed by atoms with E-state index in [1.54, 1.807) is 14.2 Å². The van der Waals surface area contributed by atoms with Crippen molar-refractivity contribution in [3.05, 3.63) is 23.8 Å². The normalized spacial score (nSPS) is 9.72. The maximum absolute atomic E-state index is 5.52. The second-order valence-electron chi connectivity index (χ2n) is 3.59. The number of nitrogens with one attached hydrogen (secondary N) is 1. The Bertz CT molecular complexity index is 334. The average molecular weight is 276 g/mol. The summed E-state index contributed by atoms with van der Waals surface area (Å²) in [5.74, 6) is 1.56. The van der Waals surface area contributed by atoms with Gasteiger partial charge in [0.25, 0.3) is 0 Å². The van der Waals surface area contributed by atoms with Gasteiger partial charge < -0.3 is 19.5 Å². The predicted molar refractivity (Wildman–Crippen MR) is 75.0 cm³/mol. The van der Waals surface area contributed by atoms with E-state index < -0.39 is 0 Å². The van der Waals surface area contributed by atoms with Crippen LogP contribution in [-0.4, -0.2) is 34.0 Å². The SMILES string of the molecule is CCOc1cc(CNCCOC)ccc1OC.Cl. The molecule has 104 valence electrons. The largest absolute Gasteiger partial charge is 0.493 e. The van der Waals surface area contributed by atoms with Crippen LogP contribution in [0, 0.1) is 0 Å². The maximum Gasteiger partial charge on any atom is 0.161 e. The molecule has 0 unspecified atom stereocenters. The lowest BCUT2D eigenvalue weighted by Gasteiger charge is -2.11. The molecule has 0 aromatic heterocycles. The van der Waals surface area contributed by atoms with Crippen LogP contribution in [0.3, 0.4) is 0 Å². The van der Waals surface area contributed by atoms with Gasteiger partial charge in [-0.1, -0.05) is 6.07 Å². The molecule has 0 saturated heterocycles. The molecule has 1 aromatic carbocycles. The summed E-state index contributed by atoms with van der Waals surface area (Å²) in [4.78, 5) is 0. The van der Waals surface area contributed by atoms with Crippen LogP contribution in [-0.2, 0) is 11.3 Å². The van der Waals surface area contributed by atoms with E-state index in [0.717, 1.165) is 24.6 Å². The van der Waals surface area contributed by atoms with Crippen LogP contribution in [0.2, 0.25) is 0 Å². The van der Waals surface area contributed by atoms with Crippen molar-refractivity contribution < 1.29 is 14.2 Å². The second-order valence-corrected chi connectivity index (χ2v) is 3.59. The van der Waals surface area contributed by atoms with E-state index in [1.807, 2.05) is 25.1 Å². The minimum atomic E-state index is 0. The second kappa shape index (κ2) is 10.00. The summed E-state index contributed by atoms with van der Waals surface area (Å²) in [5.41, 5.74) is 1.17. The molecule has 0 spiro atoms. The molecule has 0 amide bonds. The highest BCUT2D eigenvalue weighted by atomic mass is 35.5. The quantitative estimate of drug-likeness (QED) is 0.739. The molecule has 0 fully saturated rings. The minimum Gasteiger partial charge on any atom is -0.493 e. The van der Waals surface area contributed by atoms with Crippen LogP contribution in [0.15, 0.2) is 18.2 Å². The van der Waals surface area contributed by atoms with Crippen molar-refractivity contribution in [2.24, 2.45) is 0 Å². The third-order valence-electron chi connectivity index (χ3n) is 2.34. The van der Waals surface area contributed by atoms with Crippen molar-refractivity contribution in [2.75, 3.05) is 34.0 Å². The van der Waals surface area contributed by atoms with Crippen LogP contribution < -0.4 is 14.8 Å². The molecule has 0 radical (unpaired) electrons. The van der Waals surface area contributed by atoms with Gasteiger partial charge in [-0.25, -0.2) is 0 Å². The molecule has 0 aliphatic heterocycles. The molecule has 0 aliphatic rings. The molecule has 0 saturated carbocycles. The number of hydrogen-bond donors (Lipinski definition) is 1. The Labute approximate surface area is 115 Å². The monoisotopic (exact) mass is 275 g/mol. The van der Waals surface area contributed by atoms with E-state index in [9.17, 15) is 0 Å². The van der Waals surface area contributed by atoms with E-state index >= 15 is 0 Å². The Kier molecular flexibility index (Phi) is 9.46. The third kappa shape index (κ3) is 5.58. The molecule has 0 atom stereocenters. The fraction of sp³-hybridized carbons (Fsp3) is 0.538. The zero-order valence-corrected chi connectivity index (χ0v) is 12.0. The Balaban J connectivity index is 0.00000289. The zero-order valence-electron chi connectivity index (χ0n) is 11.2. The van der Waals surface area contributed by atoms with Gasteiger partial charge in [-0.05, 0) is 24.6 Å². The molecule has 4 nitrogen and oxygen atoms in total. The smallest absolute Gasteiger partial charge is 0.161 e. The first kappa shape index (κ1) is 17.0. The van der Waals surface area contributed by atoms with Crippen molar-refractivity contribution in [3.8, 4) is 11.5 Å². The highest BCUT2D eigenvalue weighted by Gasteiger charge is 2.04. The maximum atomic E-state index is 5.52. The lowest BCUT2D eigenvalue weighted by Crippen LogP contribution is -2.18. The summed E-state index contributed by atoms with van der Waals surface area (Å²) in [6, 6.07) is 5.96. The number of benzene rings is 1. The topological polar surface area (TPSA) is 39.7 Å². The van der Waals surface area contributed by atoms with Crippen LogP contribution >= 0.6 is 12.4 Å². The molecule has 0 aliphatic carbocycles. The van der Waals surface area contributed by atoms with Gasteiger partial charge in [0.05, 0.1) is 20.3 Å². The van der Waals surface area contributed by atoms with Crippen LogP contribution in [0.25, 0.3) is 0 Å². The molecule has 1 aromatic rings. The summed E-state index contributed by atoms with van der Waals surface area (Å²) in [6.45, 7) is 4.95. The standard InChI is InChI=1S/C13H21NO3.ClH/c1-4-17-13-9-11(5-6-12(13)16-3)10-14-7-8-15-2;/h5-6,9,14H,4,7-8,10H2,1-3H3;1H. The highest BCUT2D eigenvalue weighted by Crippen LogP contribution is 2.27. The van der Waals surface area contributed by atoms with Gasteiger partial charge in [-0.2, -0.15) is 0 Å². The summed E-state index contributed by atoms with van der Waals surface area (Å²) in [6.07, 6.45) is 0. The fourth-order valence-electron chi connectivity index (χ4n) is 1.51. The van der Waals surface area contributed by atoms with E-state index in [1.165, 1.54) is 5.56 Å². The Morgan fingerprint density at radius 2 is 1.94 bits per heavy atom. The van der Waals surface area contributed by atoms with Gasteiger partial charge >= 0.3 is 0 Å². The lowest BCUT2D eigenvalue weighted by molar-refractivity contribution is 0.199. The van der Waals surface area contributed by atoms with Gasteiger partial charge in [-0.3, -0.25) is 0 Å². The minimum absolute atomic E-state index is 0. The van der Waals surface area contributed by atoms with E-state index in [4.69, 9.17) is 14.2 Å². The first-order chi connectivity index (χ1) is 8.31. The van der Waals surface area contributed by atoms with Gasteiger partial charge in [0.15, 0.2) is 11.5 Å². The van der Waals surface area contributed by atoms with Crippen LogP contribution in [0.5, 0.6) is 11.5 Å². The highest BCUT2D eigenvalue weighted by molar-refractivity contribution is 5.85. The fourth-order valence-corrected chi connectivity index (χ4v) is 1.51. The summed E-state index contributed by atoms with van der Waals surface area (Å²) < 4.78 is 15.7. The zero-order chi connectivity index (χ0) is 12.5. The van der Waals surface area contributed by atoms with Crippen molar-refractivity contribution in [1.82, 2.24) is 5.32 Å². The van der Waals surface area contributed by atoms with E-state index in [2.05, 4.69) is 5.32 Å². The molecule has 1 N–H and O–H groups in total. The number of hydrogen-bond acceptors (Lipinski definition) is 4. The Morgan fingerprint density at radius 3 is 2.56 bits per heavy atom. The molecular weight excluding hydrogens is 254 g/mol. The number of ether oxygens (including phenoxy) is 3. The van der Waals surface area contributed by atoms with Crippen LogP contribution in [0.1, 0.15) is 12.5 Å². The number of methoxy groups -OCH3 is 2. The van der Waals surface area contributed by atoms with Crippen molar-refractivity contribution in [2.45, 2.75) is 13.5 Å². The molecular formula is C13H22ClNO3. The third-order valence-corrected chi connectivity index (χ3v) is 2.34. The predicted octanol–water partition coefficient (Wildman–Crippen LogP) is 2.25. The van der Waals surface area contributed by atoms with Gasteiger partial charge in [0.2, 0.25) is 0 Å². The summed E-state index contributed by atoms with van der Waals surface area (Å²) in [5, 5.41) is 3.29. The van der Waals surface area contributed by atoms with Gasteiger partial charge in [0, 0.05) is 20.2 Å². The first-order valence-corrected chi connectivity index (χ1v) is 5.81. The molecule has 0 heterocycles. The molecule has 5 heteroatoms. The average Bonchev–Trinajstić information content (AvgIpc) is 2.35. The molecule has 1 rings (SSSR count). The van der Waals surface area contributed by atoms with E-state index in [0.29, 0.717) is 13.2 Å². The van der Waals surface area contributed by atoms with Crippen molar-refractivity contribution >= 4 is 12.4 Å². The summed E-state index contributed by atoms with van der Waals surface area (Å²) in [7, 11) is 3.34. The first-order valence-electron chi connectivity index (χ1n) is 5.81. The number of halogens is 1. The Morgan fingerprint density at radius 1 is 1.17 bits per heavy atom.